The minimum Gasteiger partial charge on any atom is -0.490 e. The van der Waals surface area contributed by atoms with Crippen LogP contribution in [-0.2, 0) is 0 Å². The molecule has 21 heavy (non-hydrogen) atoms. The molecule has 0 heterocycles. The molecule has 0 bridgehead atoms. The van der Waals surface area contributed by atoms with Gasteiger partial charge in [0.15, 0.2) is 11.6 Å². The molecule has 0 fully saturated rings. The zero-order valence-electron chi connectivity index (χ0n) is 12.6. The molecule has 0 radical (unpaired) electrons. The van der Waals surface area contributed by atoms with Crippen molar-refractivity contribution in [1.29, 1.82) is 0 Å². The van der Waals surface area contributed by atoms with Crippen LogP contribution in [0.5, 0.6) is 5.75 Å². The molecule has 0 spiro atoms. The molecular weight excluding hydrogens is 279 g/mol. The first-order valence-corrected chi connectivity index (χ1v) is 6.64. The van der Waals surface area contributed by atoms with E-state index >= 15 is 0 Å². The highest BCUT2D eigenvalue weighted by atomic mass is 19.1. The quantitative estimate of drug-likeness (QED) is 0.597. The van der Waals surface area contributed by atoms with Gasteiger partial charge in [-0.25, -0.2) is 4.39 Å². The summed E-state index contributed by atoms with van der Waals surface area (Å²) in [7, 11) is 1.28. The van der Waals surface area contributed by atoms with Crippen LogP contribution in [0.4, 0.5) is 15.8 Å². The normalized spacial score (nSPS) is 13.9. The Labute approximate surface area is 123 Å². The lowest BCUT2D eigenvalue weighted by Crippen LogP contribution is -2.35. The van der Waals surface area contributed by atoms with E-state index in [-0.39, 0.29) is 23.9 Å². The molecule has 118 valence electrons. The molecule has 1 aromatic carbocycles. The van der Waals surface area contributed by atoms with Crippen LogP contribution in [0.15, 0.2) is 12.1 Å². The monoisotopic (exact) mass is 300 g/mol. The van der Waals surface area contributed by atoms with E-state index < -0.39 is 22.0 Å². The number of nitrogens with zero attached hydrogens (tertiary/aromatic N) is 1. The summed E-state index contributed by atoms with van der Waals surface area (Å²) in [5.41, 5.74) is -1.38. The van der Waals surface area contributed by atoms with Gasteiger partial charge in [-0.15, -0.1) is 0 Å². The predicted octanol–water partition coefficient (Wildman–Crippen LogP) is 2.95. The van der Waals surface area contributed by atoms with Crippen molar-refractivity contribution in [2.75, 3.05) is 19.0 Å². The van der Waals surface area contributed by atoms with Crippen molar-refractivity contribution in [3.8, 4) is 5.75 Å². The number of hydrogen-bond acceptors (Lipinski definition) is 5. The third-order valence-electron chi connectivity index (χ3n) is 2.97. The molecule has 1 aromatic rings. The number of nitrogens with one attached hydrogen (secondary N) is 1. The fourth-order valence-electron chi connectivity index (χ4n) is 2.22. The second-order valence-electron chi connectivity index (χ2n) is 5.71. The molecule has 7 heteroatoms. The summed E-state index contributed by atoms with van der Waals surface area (Å²) in [6.45, 7) is 5.73. The van der Waals surface area contributed by atoms with E-state index in [0.717, 1.165) is 6.07 Å². The van der Waals surface area contributed by atoms with E-state index in [0.29, 0.717) is 6.42 Å². The number of anilines is 1. The van der Waals surface area contributed by atoms with Crippen molar-refractivity contribution < 1.29 is 19.2 Å². The summed E-state index contributed by atoms with van der Waals surface area (Å²) < 4.78 is 18.7. The van der Waals surface area contributed by atoms with Gasteiger partial charge in [-0.3, -0.25) is 10.1 Å². The van der Waals surface area contributed by atoms with Crippen LogP contribution >= 0.6 is 0 Å². The number of halogens is 1. The Balaban J connectivity index is 2.92. The topological polar surface area (TPSA) is 84.6 Å². The summed E-state index contributed by atoms with van der Waals surface area (Å²) in [6, 6.07) is 2.03. The van der Waals surface area contributed by atoms with Gasteiger partial charge in [-0.1, -0.05) is 13.8 Å². The third-order valence-corrected chi connectivity index (χ3v) is 2.97. The zero-order valence-corrected chi connectivity index (χ0v) is 12.6. The number of nitro benzene ring substituents is 1. The van der Waals surface area contributed by atoms with E-state index in [9.17, 15) is 19.6 Å². The maximum absolute atomic E-state index is 13.9. The smallest absolute Gasteiger partial charge is 0.313 e. The number of ether oxygens (including phenoxy) is 1. The van der Waals surface area contributed by atoms with Crippen molar-refractivity contribution in [2.24, 2.45) is 5.92 Å². The number of methoxy groups -OCH3 is 1. The van der Waals surface area contributed by atoms with Gasteiger partial charge in [0.1, 0.15) is 0 Å². The van der Waals surface area contributed by atoms with Crippen molar-refractivity contribution in [2.45, 2.75) is 32.8 Å². The van der Waals surface area contributed by atoms with Crippen molar-refractivity contribution in [1.82, 2.24) is 0 Å². The van der Waals surface area contributed by atoms with Crippen molar-refractivity contribution in [3.05, 3.63) is 28.1 Å². The van der Waals surface area contributed by atoms with Crippen molar-refractivity contribution in [3.63, 3.8) is 0 Å². The van der Waals surface area contributed by atoms with E-state index in [1.54, 1.807) is 6.92 Å². The van der Waals surface area contributed by atoms with E-state index in [1.165, 1.54) is 13.2 Å². The van der Waals surface area contributed by atoms with E-state index in [4.69, 9.17) is 4.74 Å². The lowest BCUT2D eigenvalue weighted by atomic mass is 9.94. The van der Waals surface area contributed by atoms with Gasteiger partial charge < -0.3 is 15.2 Å². The first-order chi connectivity index (χ1) is 9.66. The first kappa shape index (κ1) is 17.2. The van der Waals surface area contributed by atoms with Crippen LogP contribution < -0.4 is 10.1 Å². The Morgan fingerprint density at radius 2 is 2.14 bits per heavy atom. The fourth-order valence-corrected chi connectivity index (χ4v) is 2.22. The Bertz CT molecular complexity index is 518. The van der Waals surface area contributed by atoms with Crippen LogP contribution in [0.3, 0.4) is 0 Å². The summed E-state index contributed by atoms with van der Waals surface area (Å²) in [4.78, 5) is 10.1. The average molecular weight is 300 g/mol. The maximum Gasteiger partial charge on any atom is 0.313 e. The maximum atomic E-state index is 13.9. The van der Waals surface area contributed by atoms with Gasteiger partial charge in [-0.2, -0.15) is 0 Å². The molecule has 6 nitrogen and oxygen atoms in total. The Hall–Kier alpha value is -1.89. The minimum absolute atomic E-state index is 0.0348. The van der Waals surface area contributed by atoms with Crippen LogP contribution in [0.1, 0.15) is 27.2 Å². The number of nitro groups is 1. The van der Waals surface area contributed by atoms with Gasteiger partial charge in [0.2, 0.25) is 0 Å². The van der Waals surface area contributed by atoms with Crippen LogP contribution in [0.2, 0.25) is 0 Å². The lowest BCUT2D eigenvalue weighted by Gasteiger charge is -2.26. The number of rotatable bonds is 7. The summed E-state index contributed by atoms with van der Waals surface area (Å²) >= 11 is 0. The highest BCUT2D eigenvalue weighted by Crippen LogP contribution is 2.32. The molecular formula is C14H21FN2O4. The molecule has 2 N–H and O–H groups in total. The standard InChI is InChI=1S/C14H21FN2O4/c1-9(2)7-14(3,18)8-16-11-6-13(21-4)12(17(19)20)5-10(11)15/h5-6,9,16,18H,7-8H2,1-4H3. The molecule has 0 aliphatic rings. The molecule has 0 saturated heterocycles. The Kier molecular flexibility index (Phi) is 5.48. The van der Waals surface area contributed by atoms with Gasteiger partial charge >= 0.3 is 5.69 Å². The highest BCUT2D eigenvalue weighted by Gasteiger charge is 2.24. The summed E-state index contributed by atoms with van der Waals surface area (Å²) in [5.74, 6) is -0.506. The van der Waals surface area contributed by atoms with Gasteiger partial charge in [0.05, 0.1) is 29.4 Å². The molecule has 0 saturated carbocycles. The predicted molar refractivity (Wildman–Crippen MR) is 78.2 cm³/mol. The van der Waals surface area contributed by atoms with Gasteiger partial charge in [-0.05, 0) is 19.3 Å². The Morgan fingerprint density at radius 3 is 2.62 bits per heavy atom. The van der Waals surface area contributed by atoms with Crippen LogP contribution in [0.25, 0.3) is 0 Å². The minimum atomic E-state index is -1.00. The second kappa shape index (κ2) is 6.71. The summed E-state index contributed by atoms with van der Waals surface area (Å²) in [5, 5.41) is 23.7. The Morgan fingerprint density at radius 1 is 1.52 bits per heavy atom. The van der Waals surface area contributed by atoms with E-state index in [1.807, 2.05) is 13.8 Å². The molecule has 0 aliphatic heterocycles. The first-order valence-electron chi connectivity index (χ1n) is 6.64. The van der Waals surface area contributed by atoms with Gasteiger partial charge in [0.25, 0.3) is 0 Å². The number of aliphatic hydroxyl groups is 1. The SMILES string of the molecule is COc1cc(NCC(C)(O)CC(C)C)c(F)cc1[N+](=O)[O-]. The largest absolute Gasteiger partial charge is 0.490 e. The highest BCUT2D eigenvalue weighted by molar-refractivity contribution is 5.59. The number of hydrogen-bond donors (Lipinski definition) is 2. The van der Waals surface area contributed by atoms with Crippen LogP contribution in [-0.4, -0.2) is 29.3 Å². The zero-order chi connectivity index (χ0) is 16.2. The molecule has 0 aliphatic carbocycles. The van der Waals surface area contributed by atoms with Gasteiger partial charge in [0, 0.05) is 12.6 Å². The lowest BCUT2D eigenvalue weighted by molar-refractivity contribution is -0.385. The average Bonchev–Trinajstić information content (AvgIpc) is 2.35. The molecule has 0 aromatic heterocycles. The summed E-state index contributed by atoms with van der Waals surface area (Å²) in [6.07, 6.45) is 0.547. The second-order valence-corrected chi connectivity index (χ2v) is 5.71. The molecule has 1 atom stereocenters. The fraction of sp³-hybridized carbons (Fsp3) is 0.571. The molecule has 1 unspecified atom stereocenters. The van der Waals surface area contributed by atoms with Crippen LogP contribution in [0, 0.1) is 21.8 Å². The molecule has 1 rings (SSSR count). The van der Waals surface area contributed by atoms with E-state index in [2.05, 4.69) is 5.32 Å². The molecule has 0 amide bonds. The third kappa shape index (κ3) is 4.86. The number of benzene rings is 1. The van der Waals surface area contributed by atoms with Crippen molar-refractivity contribution >= 4 is 11.4 Å².